The Morgan fingerprint density at radius 3 is 2.87 bits per heavy atom. The second-order valence-corrected chi connectivity index (χ2v) is 8.86. The van der Waals surface area contributed by atoms with Gasteiger partial charge in [0.25, 0.3) is 5.56 Å². The fourth-order valence-electron chi connectivity index (χ4n) is 4.85. The zero-order valence-corrected chi connectivity index (χ0v) is 17.8. The van der Waals surface area contributed by atoms with Crippen LogP contribution < -0.4 is 5.56 Å². The first kappa shape index (κ1) is 20.6. The molecule has 0 N–H and O–H groups in total. The van der Waals surface area contributed by atoms with E-state index < -0.39 is 11.9 Å². The van der Waals surface area contributed by atoms with Crippen molar-refractivity contribution in [2.75, 3.05) is 6.54 Å². The van der Waals surface area contributed by atoms with E-state index in [0.29, 0.717) is 29.7 Å². The Kier molecular flexibility index (Phi) is 5.62. The van der Waals surface area contributed by atoms with Crippen molar-refractivity contribution in [2.45, 2.75) is 59.1 Å². The van der Waals surface area contributed by atoms with Crippen LogP contribution in [0.5, 0.6) is 0 Å². The van der Waals surface area contributed by atoms with E-state index in [1.54, 1.807) is 12.3 Å². The number of hydrogen-bond acceptors (Lipinski definition) is 5. The molecule has 3 heterocycles. The lowest BCUT2D eigenvalue weighted by atomic mass is 9.77. The van der Waals surface area contributed by atoms with Gasteiger partial charge in [-0.2, -0.15) is 0 Å². The van der Waals surface area contributed by atoms with Gasteiger partial charge in [-0.3, -0.25) is 18.8 Å². The summed E-state index contributed by atoms with van der Waals surface area (Å²) in [4.78, 5) is 43.9. The Bertz CT molecular complexity index is 1030. The Morgan fingerprint density at radius 1 is 1.27 bits per heavy atom. The van der Waals surface area contributed by atoms with Gasteiger partial charge in [-0.1, -0.05) is 32.8 Å². The van der Waals surface area contributed by atoms with Crippen molar-refractivity contribution in [1.29, 1.82) is 0 Å². The van der Waals surface area contributed by atoms with Crippen LogP contribution in [0.1, 0.15) is 50.8 Å². The molecular weight excluding hydrogens is 382 g/mol. The molecule has 0 spiro atoms. The minimum absolute atomic E-state index is 0.0422. The molecule has 0 bridgehead atoms. The van der Waals surface area contributed by atoms with Crippen molar-refractivity contribution in [3.63, 3.8) is 0 Å². The molecule has 2 aromatic heterocycles. The molecule has 1 aliphatic carbocycles. The van der Waals surface area contributed by atoms with E-state index in [-0.39, 0.29) is 30.5 Å². The molecular formula is C23H29N3O4. The topological polar surface area (TPSA) is 81.0 Å². The zero-order valence-electron chi connectivity index (χ0n) is 17.8. The van der Waals surface area contributed by atoms with Crippen LogP contribution in [0.25, 0.3) is 5.65 Å². The zero-order chi connectivity index (χ0) is 21.4. The van der Waals surface area contributed by atoms with Crippen LogP contribution in [-0.4, -0.2) is 38.7 Å². The summed E-state index contributed by atoms with van der Waals surface area (Å²) in [6.07, 6.45) is 5.19. The Morgan fingerprint density at radius 2 is 2.07 bits per heavy atom. The molecule has 2 fully saturated rings. The maximum atomic E-state index is 12.6. The van der Waals surface area contributed by atoms with Gasteiger partial charge in [0, 0.05) is 31.3 Å². The van der Waals surface area contributed by atoms with Gasteiger partial charge in [0.1, 0.15) is 12.3 Å². The number of aryl methyl sites for hydroxylation is 1. The highest BCUT2D eigenvalue weighted by atomic mass is 16.5. The molecule has 1 saturated carbocycles. The molecule has 0 radical (unpaired) electrons. The number of esters is 1. The highest BCUT2D eigenvalue weighted by Gasteiger charge is 2.42. The molecule has 2 aliphatic rings. The van der Waals surface area contributed by atoms with Crippen LogP contribution in [0.4, 0.5) is 0 Å². The molecule has 1 saturated heterocycles. The number of fused-ring (bicyclic) bond motifs is 1. The van der Waals surface area contributed by atoms with Gasteiger partial charge in [-0.15, -0.1) is 0 Å². The van der Waals surface area contributed by atoms with E-state index in [9.17, 15) is 14.4 Å². The number of carbonyl (C=O) groups excluding carboxylic acids is 2. The average molecular weight is 412 g/mol. The first-order valence-electron chi connectivity index (χ1n) is 10.8. The van der Waals surface area contributed by atoms with Gasteiger partial charge < -0.3 is 9.64 Å². The number of ether oxygens (including phenoxy) is 1. The first-order valence-corrected chi connectivity index (χ1v) is 10.8. The summed E-state index contributed by atoms with van der Waals surface area (Å²) < 4.78 is 6.93. The molecule has 4 atom stereocenters. The SMILES string of the molecule is Cc1cccn2c(=O)cc(COC(=O)[C@@H]3CC(=O)N([C@@H]4CCC[C@H](C)[C@@H]4C)C3)nc12. The average Bonchev–Trinajstić information content (AvgIpc) is 3.10. The summed E-state index contributed by atoms with van der Waals surface area (Å²) in [5.74, 6) is 0.222. The number of pyridine rings is 1. The number of aromatic nitrogens is 2. The minimum atomic E-state index is -0.453. The standard InChI is InChI=1S/C23H29N3O4/c1-14-6-4-8-19(16(14)3)26-12-17(10-20(26)27)23(29)30-13-18-11-21(28)25-9-5-7-15(2)22(25)24-18/h5,7,9,11,14,16-17,19H,4,6,8,10,12-13H2,1-3H3/t14-,16-,17+,19+/m0/s1. The highest BCUT2D eigenvalue weighted by Crippen LogP contribution is 2.36. The fourth-order valence-corrected chi connectivity index (χ4v) is 4.85. The molecule has 0 unspecified atom stereocenters. The molecule has 1 amide bonds. The van der Waals surface area contributed by atoms with Crippen molar-refractivity contribution in [3.05, 3.63) is 46.0 Å². The predicted molar refractivity (Wildman–Crippen MR) is 112 cm³/mol. The molecule has 160 valence electrons. The monoisotopic (exact) mass is 411 g/mol. The summed E-state index contributed by atoms with van der Waals surface area (Å²) in [5.41, 5.74) is 1.63. The second-order valence-electron chi connectivity index (χ2n) is 8.86. The normalized spacial score (nSPS) is 26.9. The van der Waals surface area contributed by atoms with Crippen LogP contribution in [0, 0.1) is 24.7 Å². The van der Waals surface area contributed by atoms with Crippen LogP contribution >= 0.6 is 0 Å². The smallest absolute Gasteiger partial charge is 0.311 e. The lowest BCUT2D eigenvalue weighted by molar-refractivity contribution is -0.149. The maximum Gasteiger partial charge on any atom is 0.311 e. The number of carbonyl (C=O) groups is 2. The second kappa shape index (κ2) is 8.20. The quantitative estimate of drug-likeness (QED) is 0.723. The molecule has 30 heavy (non-hydrogen) atoms. The molecule has 4 rings (SSSR count). The number of rotatable bonds is 4. The van der Waals surface area contributed by atoms with Gasteiger partial charge in [0.2, 0.25) is 5.91 Å². The number of hydrogen-bond donors (Lipinski definition) is 0. The third-order valence-corrected chi connectivity index (χ3v) is 6.86. The third kappa shape index (κ3) is 3.85. The van der Waals surface area contributed by atoms with Gasteiger partial charge in [0.15, 0.2) is 0 Å². The van der Waals surface area contributed by atoms with Crippen molar-refractivity contribution < 1.29 is 14.3 Å². The molecule has 2 aromatic rings. The van der Waals surface area contributed by atoms with E-state index in [1.165, 1.54) is 16.9 Å². The lowest BCUT2D eigenvalue weighted by Gasteiger charge is -2.39. The van der Waals surface area contributed by atoms with E-state index in [4.69, 9.17) is 4.74 Å². The Balaban J connectivity index is 1.41. The van der Waals surface area contributed by atoms with Crippen LogP contribution in [-0.2, 0) is 20.9 Å². The lowest BCUT2D eigenvalue weighted by Crippen LogP contribution is -2.45. The summed E-state index contributed by atoms with van der Waals surface area (Å²) in [7, 11) is 0. The third-order valence-electron chi connectivity index (χ3n) is 6.86. The van der Waals surface area contributed by atoms with E-state index in [2.05, 4.69) is 18.8 Å². The first-order chi connectivity index (χ1) is 14.3. The van der Waals surface area contributed by atoms with Crippen molar-refractivity contribution >= 4 is 17.5 Å². The number of amides is 1. The van der Waals surface area contributed by atoms with E-state index >= 15 is 0 Å². The minimum Gasteiger partial charge on any atom is -0.459 e. The molecule has 0 aromatic carbocycles. The van der Waals surface area contributed by atoms with E-state index in [1.807, 2.05) is 17.9 Å². The van der Waals surface area contributed by atoms with Crippen molar-refractivity contribution in [3.8, 4) is 0 Å². The van der Waals surface area contributed by atoms with Crippen molar-refractivity contribution in [2.24, 2.45) is 17.8 Å². The summed E-state index contributed by atoms with van der Waals surface area (Å²) in [6.45, 7) is 6.68. The number of nitrogens with zero attached hydrogens (tertiary/aromatic N) is 3. The van der Waals surface area contributed by atoms with Crippen LogP contribution in [0.15, 0.2) is 29.2 Å². The van der Waals surface area contributed by atoms with Gasteiger partial charge in [-0.25, -0.2) is 4.98 Å². The summed E-state index contributed by atoms with van der Waals surface area (Å²) >= 11 is 0. The van der Waals surface area contributed by atoms with Crippen LogP contribution in [0.2, 0.25) is 0 Å². The Labute approximate surface area is 176 Å². The largest absolute Gasteiger partial charge is 0.459 e. The van der Waals surface area contributed by atoms with Crippen LogP contribution in [0.3, 0.4) is 0 Å². The number of likely N-dealkylation sites (tertiary alicyclic amines) is 1. The summed E-state index contributed by atoms with van der Waals surface area (Å²) in [6, 6.07) is 5.27. The fraction of sp³-hybridized carbons (Fsp3) is 0.565. The predicted octanol–water partition coefficient (Wildman–Crippen LogP) is 2.72. The van der Waals surface area contributed by atoms with Gasteiger partial charge in [-0.05, 0) is 36.8 Å². The van der Waals surface area contributed by atoms with Gasteiger partial charge in [0.05, 0.1) is 11.6 Å². The highest BCUT2D eigenvalue weighted by molar-refractivity contribution is 5.87. The molecule has 1 aliphatic heterocycles. The van der Waals surface area contributed by atoms with E-state index in [0.717, 1.165) is 18.4 Å². The van der Waals surface area contributed by atoms with Gasteiger partial charge >= 0.3 is 5.97 Å². The summed E-state index contributed by atoms with van der Waals surface area (Å²) in [5, 5.41) is 0. The van der Waals surface area contributed by atoms with Crippen molar-refractivity contribution in [1.82, 2.24) is 14.3 Å². The Hall–Kier alpha value is -2.70. The molecule has 7 nitrogen and oxygen atoms in total. The maximum absolute atomic E-state index is 12.6. The molecule has 7 heteroatoms.